The van der Waals surface area contributed by atoms with Gasteiger partial charge in [0.2, 0.25) is 5.91 Å². The molecule has 2 heterocycles. The van der Waals surface area contributed by atoms with Crippen molar-refractivity contribution in [3.63, 3.8) is 0 Å². The molecule has 33 heavy (non-hydrogen) atoms. The fourth-order valence-corrected chi connectivity index (χ4v) is 4.53. The minimum absolute atomic E-state index is 0.0515. The van der Waals surface area contributed by atoms with E-state index in [0.29, 0.717) is 45.0 Å². The molecule has 0 radical (unpaired) electrons. The van der Waals surface area contributed by atoms with Crippen molar-refractivity contribution >= 4 is 43.9 Å². The SMILES string of the molecule is CS(=O)(=O)c1cc(NC(=O)Cc2ccccc2Cl)cc2nn(Cc3ccc(CO)cn3)cc12. The number of amides is 1. The van der Waals surface area contributed by atoms with Gasteiger partial charge >= 0.3 is 0 Å². The summed E-state index contributed by atoms with van der Waals surface area (Å²) in [4.78, 5) is 16.9. The van der Waals surface area contributed by atoms with E-state index in [4.69, 9.17) is 16.7 Å². The number of pyridine rings is 1. The fraction of sp³-hybridized carbons (Fsp3) is 0.174. The molecule has 0 spiro atoms. The zero-order valence-electron chi connectivity index (χ0n) is 17.7. The van der Waals surface area contributed by atoms with Crippen molar-refractivity contribution in [3.05, 3.63) is 82.8 Å². The van der Waals surface area contributed by atoms with Crippen LogP contribution in [0.25, 0.3) is 10.9 Å². The molecule has 2 aromatic heterocycles. The summed E-state index contributed by atoms with van der Waals surface area (Å²) in [5.41, 5.74) is 2.83. The third-order valence-electron chi connectivity index (χ3n) is 5.02. The highest BCUT2D eigenvalue weighted by Gasteiger charge is 2.18. The van der Waals surface area contributed by atoms with E-state index in [2.05, 4.69) is 15.4 Å². The van der Waals surface area contributed by atoms with E-state index in [9.17, 15) is 13.2 Å². The van der Waals surface area contributed by atoms with Gasteiger partial charge < -0.3 is 10.4 Å². The molecule has 8 nitrogen and oxygen atoms in total. The second-order valence-electron chi connectivity index (χ2n) is 7.64. The summed E-state index contributed by atoms with van der Waals surface area (Å²) in [6.45, 7) is 0.222. The number of aliphatic hydroxyl groups is 1. The van der Waals surface area contributed by atoms with Crippen molar-refractivity contribution in [3.8, 4) is 0 Å². The number of nitrogens with one attached hydrogen (secondary N) is 1. The van der Waals surface area contributed by atoms with Crippen LogP contribution in [-0.2, 0) is 34.2 Å². The number of carbonyl (C=O) groups is 1. The van der Waals surface area contributed by atoms with Crippen LogP contribution < -0.4 is 5.32 Å². The Bertz CT molecular complexity index is 1430. The van der Waals surface area contributed by atoms with Gasteiger partial charge in [-0.2, -0.15) is 5.10 Å². The molecular formula is C23H21ClN4O4S. The molecular weight excluding hydrogens is 464 g/mol. The van der Waals surface area contributed by atoms with Gasteiger partial charge in [0.05, 0.1) is 35.7 Å². The molecule has 0 unspecified atom stereocenters. The van der Waals surface area contributed by atoms with Crippen molar-refractivity contribution in [2.45, 2.75) is 24.5 Å². The second kappa shape index (κ2) is 9.30. The van der Waals surface area contributed by atoms with E-state index in [1.54, 1.807) is 59.5 Å². The highest BCUT2D eigenvalue weighted by atomic mass is 35.5. The largest absolute Gasteiger partial charge is 0.392 e. The molecule has 0 fully saturated rings. The first-order chi connectivity index (χ1) is 15.7. The number of hydrogen-bond acceptors (Lipinski definition) is 6. The number of rotatable bonds is 7. The van der Waals surface area contributed by atoms with Crippen molar-refractivity contribution in [1.29, 1.82) is 0 Å². The minimum atomic E-state index is -3.59. The van der Waals surface area contributed by atoms with Crippen LogP contribution in [0.3, 0.4) is 0 Å². The Morgan fingerprint density at radius 2 is 1.97 bits per heavy atom. The third-order valence-corrected chi connectivity index (χ3v) is 6.52. The first-order valence-electron chi connectivity index (χ1n) is 10.0. The van der Waals surface area contributed by atoms with Gasteiger partial charge in [-0.15, -0.1) is 0 Å². The topological polar surface area (TPSA) is 114 Å². The lowest BCUT2D eigenvalue weighted by atomic mass is 10.1. The first-order valence-corrected chi connectivity index (χ1v) is 12.3. The molecule has 10 heteroatoms. The van der Waals surface area contributed by atoms with Crippen LogP contribution in [0.1, 0.15) is 16.8 Å². The number of benzene rings is 2. The normalized spacial score (nSPS) is 11.6. The van der Waals surface area contributed by atoms with Crippen molar-refractivity contribution in [2.24, 2.45) is 0 Å². The zero-order chi connectivity index (χ0) is 23.6. The molecule has 2 N–H and O–H groups in total. The molecule has 0 saturated carbocycles. The average Bonchev–Trinajstić information content (AvgIpc) is 3.16. The van der Waals surface area contributed by atoms with Crippen molar-refractivity contribution in [1.82, 2.24) is 14.8 Å². The summed E-state index contributed by atoms with van der Waals surface area (Å²) >= 11 is 6.13. The van der Waals surface area contributed by atoms with Gasteiger partial charge in [0.15, 0.2) is 9.84 Å². The minimum Gasteiger partial charge on any atom is -0.392 e. The number of anilines is 1. The van der Waals surface area contributed by atoms with Crippen LogP contribution in [0, 0.1) is 0 Å². The van der Waals surface area contributed by atoms with Crippen LogP contribution >= 0.6 is 11.6 Å². The van der Waals surface area contributed by atoms with Crippen LogP contribution in [0.4, 0.5) is 5.69 Å². The second-order valence-corrected chi connectivity index (χ2v) is 10.0. The first kappa shape index (κ1) is 22.9. The maximum Gasteiger partial charge on any atom is 0.228 e. The number of nitrogens with zero attached hydrogens (tertiary/aromatic N) is 3. The zero-order valence-corrected chi connectivity index (χ0v) is 19.3. The molecule has 0 aliphatic rings. The highest BCUT2D eigenvalue weighted by molar-refractivity contribution is 7.91. The summed E-state index contributed by atoms with van der Waals surface area (Å²) in [5, 5.41) is 17.3. The number of fused-ring (bicyclic) bond motifs is 1. The summed E-state index contributed by atoms with van der Waals surface area (Å²) in [7, 11) is -3.59. The summed E-state index contributed by atoms with van der Waals surface area (Å²) in [6, 6.07) is 13.6. The number of aliphatic hydroxyl groups excluding tert-OH is 1. The molecule has 0 bridgehead atoms. The molecule has 1 amide bonds. The monoisotopic (exact) mass is 484 g/mol. The van der Waals surface area contributed by atoms with Gasteiger partial charge in [-0.1, -0.05) is 35.9 Å². The van der Waals surface area contributed by atoms with Gasteiger partial charge in [0, 0.05) is 34.7 Å². The van der Waals surface area contributed by atoms with E-state index in [1.807, 2.05) is 0 Å². The number of halogens is 1. The Balaban J connectivity index is 1.64. The number of carbonyl (C=O) groups excluding carboxylic acids is 1. The van der Waals surface area contributed by atoms with E-state index < -0.39 is 9.84 Å². The van der Waals surface area contributed by atoms with E-state index in [0.717, 1.165) is 6.26 Å². The number of hydrogen-bond donors (Lipinski definition) is 2. The van der Waals surface area contributed by atoms with Crippen LogP contribution in [0.15, 0.2) is 65.8 Å². The molecule has 0 aliphatic carbocycles. The van der Waals surface area contributed by atoms with E-state index in [-0.39, 0.29) is 23.8 Å². The molecule has 0 atom stereocenters. The Hall–Kier alpha value is -3.27. The standard InChI is InChI=1S/C23H21ClN4O4S/c1-33(31,32)22-10-18(26-23(30)8-16-4-2-3-5-20(16)24)9-21-19(22)13-28(27-21)12-17-7-6-15(14-29)11-25-17/h2-7,9-11,13,29H,8,12,14H2,1H3,(H,26,30). The summed E-state index contributed by atoms with van der Waals surface area (Å²) in [6.07, 6.45) is 4.38. The lowest BCUT2D eigenvalue weighted by Crippen LogP contribution is -2.15. The summed E-state index contributed by atoms with van der Waals surface area (Å²) < 4.78 is 26.5. The molecule has 2 aromatic carbocycles. The molecule has 0 saturated heterocycles. The van der Waals surface area contributed by atoms with E-state index in [1.165, 1.54) is 6.07 Å². The van der Waals surface area contributed by atoms with Gasteiger partial charge in [-0.3, -0.25) is 14.5 Å². The molecule has 170 valence electrons. The predicted octanol–water partition coefficient (Wildman–Crippen LogP) is 3.21. The molecule has 4 aromatic rings. The number of aromatic nitrogens is 3. The summed E-state index contributed by atoms with van der Waals surface area (Å²) in [5.74, 6) is -0.325. The van der Waals surface area contributed by atoms with Crippen LogP contribution in [0.5, 0.6) is 0 Å². The number of sulfone groups is 1. The van der Waals surface area contributed by atoms with Crippen LogP contribution in [0.2, 0.25) is 5.02 Å². The van der Waals surface area contributed by atoms with E-state index >= 15 is 0 Å². The Kier molecular flexibility index (Phi) is 6.46. The lowest BCUT2D eigenvalue weighted by molar-refractivity contribution is -0.115. The maximum absolute atomic E-state index is 12.6. The predicted molar refractivity (Wildman–Crippen MR) is 126 cm³/mol. The fourth-order valence-electron chi connectivity index (χ4n) is 3.43. The van der Waals surface area contributed by atoms with Gasteiger partial charge in [0.1, 0.15) is 0 Å². The van der Waals surface area contributed by atoms with Crippen molar-refractivity contribution in [2.75, 3.05) is 11.6 Å². The Morgan fingerprint density at radius 1 is 1.18 bits per heavy atom. The maximum atomic E-state index is 12.6. The third kappa shape index (κ3) is 5.39. The quantitative estimate of drug-likeness (QED) is 0.416. The smallest absolute Gasteiger partial charge is 0.228 e. The van der Waals surface area contributed by atoms with Gasteiger partial charge in [-0.05, 0) is 35.4 Å². The average molecular weight is 485 g/mol. The Morgan fingerprint density at radius 3 is 2.64 bits per heavy atom. The molecule has 0 aliphatic heterocycles. The lowest BCUT2D eigenvalue weighted by Gasteiger charge is -2.09. The Labute approximate surface area is 195 Å². The molecule has 4 rings (SSSR count). The van der Waals surface area contributed by atoms with Crippen molar-refractivity contribution < 1.29 is 18.3 Å². The highest BCUT2D eigenvalue weighted by Crippen LogP contribution is 2.27. The van der Waals surface area contributed by atoms with Crippen LogP contribution in [-0.4, -0.2) is 40.5 Å². The van der Waals surface area contributed by atoms with Gasteiger partial charge in [-0.25, -0.2) is 8.42 Å². The van der Waals surface area contributed by atoms with Gasteiger partial charge in [0.25, 0.3) is 0 Å².